The molecule has 22 heavy (non-hydrogen) atoms. The number of aromatic hydroxyl groups is 2. The first-order valence-corrected chi connectivity index (χ1v) is 6.81. The Bertz CT molecular complexity index is 864. The van der Waals surface area contributed by atoms with E-state index in [4.69, 9.17) is 5.26 Å². The number of anilines is 1. The van der Waals surface area contributed by atoms with E-state index in [0.29, 0.717) is 30.0 Å². The van der Waals surface area contributed by atoms with Crippen LogP contribution in [0.2, 0.25) is 0 Å². The minimum atomic E-state index is -0.127. The van der Waals surface area contributed by atoms with E-state index in [-0.39, 0.29) is 11.5 Å². The highest BCUT2D eigenvalue weighted by Crippen LogP contribution is 2.25. The average molecular weight is 294 g/mol. The molecule has 0 bridgehead atoms. The molecule has 3 rings (SSSR count). The van der Waals surface area contributed by atoms with Crippen LogP contribution in [0.15, 0.2) is 36.4 Å². The van der Waals surface area contributed by atoms with Crippen molar-refractivity contribution in [2.24, 2.45) is 0 Å². The molecular weight excluding hydrogens is 280 g/mol. The number of aromatic amines is 1. The first-order valence-electron chi connectivity index (χ1n) is 6.81. The fourth-order valence-corrected chi connectivity index (χ4v) is 2.26. The number of aromatic nitrogens is 2. The van der Waals surface area contributed by atoms with Gasteiger partial charge in [-0.2, -0.15) is 5.26 Å². The summed E-state index contributed by atoms with van der Waals surface area (Å²) in [6.07, 6.45) is 0.663. The molecule has 6 nitrogen and oxygen atoms in total. The number of nitriles is 1. The molecule has 0 spiro atoms. The van der Waals surface area contributed by atoms with Gasteiger partial charge in [0.15, 0.2) is 11.5 Å². The van der Waals surface area contributed by atoms with Gasteiger partial charge in [-0.1, -0.05) is 12.1 Å². The van der Waals surface area contributed by atoms with Crippen LogP contribution in [-0.2, 0) is 6.42 Å². The van der Waals surface area contributed by atoms with Gasteiger partial charge in [-0.3, -0.25) is 0 Å². The molecule has 110 valence electrons. The van der Waals surface area contributed by atoms with Gasteiger partial charge < -0.3 is 20.5 Å². The minimum Gasteiger partial charge on any atom is -0.504 e. The monoisotopic (exact) mass is 294 g/mol. The number of phenols is 2. The Morgan fingerprint density at radius 2 is 2.05 bits per heavy atom. The lowest BCUT2D eigenvalue weighted by atomic mass is 10.1. The molecule has 0 unspecified atom stereocenters. The molecule has 0 saturated carbocycles. The fourth-order valence-electron chi connectivity index (χ4n) is 2.26. The van der Waals surface area contributed by atoms with E-state index in [1.165, 1.54) is 12.1 Å². The van der Waals surface area contributed by atoms with Crippen LogP contribution in [0.4, 0.5) is 5.95 Å². The van der Waals surface area contributed by atoms with E-state index in [0.717, 1.165) is 11.1 Å². The van der Waals surface area contributed by atoms with Gasteiger partial charge in [-0.05, 0) is 36.2 Å². The van der Waals surface area contributed by atoms with Crippen molar-refractivity contribution in [2.75, 3.05) is 11.9 Å². The third-order valence-corrected chi connectivity index (χ3v) is 3.38. The molecule has 0 aliphatic heterocycles. The zero-order chi connectivity index (χ0) is 15.5. The van der Waals surface area contributed by atoms with Gasteiger partial charge in [-0.25, -0.2) is 4.98 Å². The summed E-state index contributed by atoms with van der Waals surface area (Å²) in [7, 11) is 0. The van der Waals surface area contributed by atoms with Crippen molar-refractivity contribution in [3.63, 3.8) is 0 Å². The van der Waals surface area contributed by atoms with Gasteiger partial charge in [0.05, 0.1) is 11.1 Å². The minimum absolute atomic E-state index is 0.125. The normalized spacial score (nSPS) is 10.5. The molecule has 0 amide bonds. The van der Waals surface area contributed by atoms with E-state index in [9.17, 15) is 10.2 Å². The topological polar surface area (TPSA) is 105 Å². The number of para-hydroxylation sites is 1. The molecule has 1 aromatic heterocycles. The molecule has 0 saturated heterocycles. The number of phenolic OH excluding ortho intramolecular Hbond substituents is 2. The zero-order valence-electron chi connectivity index (χ0n) is 11.7. The zero-order valence-corrected chi connectivity index (χ0v) is 11.7. The Hall–Kier alpha value is -3.20. The van der Waals surface area contributed by atoms with Crippen LogP contribution in [0.3, 0.4) is 0 Å². The fraction of sp³-hybridized carbons (Fsp3) is 0.125. The van der Waals surface area contributed by atoms with Crippen molar-refractivity contribution < 1.29 is 10.2 Å². The Morgan fingerprint density at radius 3 is 2.82 bits per heavy atom. The number of hydrogen-bond acceptors (Lipinski definition) is 5. The first kappa shape index (κ1) is 13.8. The molecule has 2 aromatic carbocycles. The summed E-state index contributed by atoms with van der Waals surface area (Å²) in [6, 6.07) is 12.3. The van der Waals surface area contributed by atoms with Gasteiger partial charge in [0.25, 0.3) is 0 Å². The maximum absolute atomic E-state index is 9.45. The third kappa shape index (κ3) is 2.65. The van der Waals surface area contributed by atoms with Crippen molar-refractivity contribution in [1.82, 2.24) is 9.97 Å². The number of benzene rings is 2. The highest BCUT2D eigenvalue weighted by molar-refractivity contribution is 5.83. The second-order valence-corrected chi connectivity index (χ2v) is 4.90. The number of rotatable bonds is 4. The Labute approximate surface area is 126 Å². The van der Waals surface area contributed by atoms with Crippen LogP contribution in [0.25, 0.3) is 11.0 Å². The highest BCUT2D eigenvalue weighted by atomic mass is 16.3. The second-order valence-electron chi connectivity index (χ2n) is 4.90. The third-order valence-electron chi connectivity index (χ3n) is 3.38. The summed E-state index contributed by atoms with van der Waals surface area (Å²) in [4.78, 5) is 7.48. The van der Waals surface area contributed by atoms with Gasteiger partial charge in [-0.15, -0.1) is 0 Å². The van der Waals surface area contributed by atoms with Crippen molar-refractivity contribution in [2.45, 2.75) is 6.42 Å². The lowest BCUT2D eigenvalue weighted by Gasteiger charge is -2.04. The van der Waals surface area contributed by atoms with Crippen molar-refractivity contribution >= 4 is 17.0 Å². The second kappa shape index (κ2) is 5.66. The van der Waals surface area contributed by atoms with E-state index in [2.05, 4.69) is 21.4 Å². The van der Waals surface area contributed by atoms with E-state index < -0.39 is 0 Å². The number of imidazole rings is 1. The highest BCUT2D eigenvalue weighted by Gasteiger charge is 2.06. The molecule has 0 radical (unpaired) electrons. The number of nitrogens with zero attached hydrogens (tertiary/aromatic N) is 2. The number of H-pyrrole nitrogens is 1. The molecular formula is C16H14N4O2. The molecule has 0 fully saturated rings. The molecule has 3 aromatic rings. The largest absolute Gasteiger partial charge is 0.504 e. The van der Waals surface area contributed by atoms with E-state index >= 15 is 0 Å². The van der Waals surface area contributed by atoms with Crippen LogP contribution < -0.4 is 5.32 Å². The van der Waals surface area contributed by atoms with Crippen LogP contribution in [0, 0.1) is 11.3 Å². The van der Waals surface area contributed by atoms with Crippen LogP contribution >= 0.6 is 0 Å². The number of fused-ring (bicyclic) bond motifs is 1. The summed E-state index contributed by atoms with van der Waals surface area (Å²) < 4.78 is 0. The number of hydrogen-bond donors (Lipinski definition) is 4. The van der Waals surface area contributed by atoms with Gasteiger partial charge >= 0.3 is 0 Å². The summed E-state index contributed by atoms with van der Waals surface area (Å²) >= 11 is 0. The van der Waals surface area contributed by atoms with Crippen LogP contribution in [0.1, 0.15) is 11.1 Å². The maximum atomic E-state index is 9.45. The lowest BCUT2D eigenvalue weighted by Crippen LogP contribution is -2.05. The molecule has 0 aliphatic carbocycles. The summed E-state index contributed by atoms with van der Waals surface area (Å²) in [5, 5.41) is 30.9. The van der Waals surface area contributed by atoms with Crippen molar-refractivity contribution in [1.29, 1.82) is 5.26 Å². The maximum Gasteiger partial charge on any atom is 0.201 e. The predicted molar refractivity (Wildman–Crippen MR) is 82.8 cm³/mol. The summed E-state index contributed by atoms with van der Waals surface area (Å²) in [5.41, 5.74) is 2.89. The smallest absolute Gasteiger partial charge is 0.201 e. The molecule has 1 heterocycles. The molecule has 0 atom stereocenters. The Morgan fingerprint density at radius 1 is 1.18 bits per heavy atom. The quantitative estimate of drug-likeness (QED) is 0.553. The standard InChI is InChI=1S/C16H14N4O2/c17-9-11-2-1-3-12-15(11)20-16(19-12)18-7-6-10-4-5-13(21)14(22)8-10/h1-5,8,21-22H,6-7H2,(H2,18,19,20). The molecule has 4 N–H and O–H groups in total. The predicted octanol–water partition coefficient (Wildman–Crippen LogP) is 2.50. The van der Waals surface area contributed by atoms with Crippen LogP contribution in [-0.4, -0.2) is 26.7 Å². The lowest BCUT2D eigenvalue weighted by molar-refractivity contribution is 0.403. The SMILES string of the molecule is N#Cc1cccc2[nH]c(NCCc3ccc(O)c(O)c3)nc12. The molecule has 0 aliphatic rings. The summed E-state index contributed by atoms with van der Waals surface area (Å²) in [5.74, 6) is 0.346. The van der Waals surface area contributed by atoms with Crippen molar-refractivity contribution in [3.8, 4) is 17.6 Å². The molecule has 6 heteroatoms. The average Bonchev–Trinajstić information content (AvgIpc) is 2.93. The van der Waals surface area contributed by atoms with E-state index in [1.807, 2.05) is 12.1 Å². The first-order chi connectivity index (χ1) is 10.7. The van der Waals surface area contributed by atoms with E-state index in [1.54, 1.807) is 12.1 Å². The Kier molecular flexibility index (Phi) is 3.54. The van der Waals surface area contributed by atoms with Crippen LogP contribution in [0.5, 0.6) is 11.5 Å². The van der Waals surface area contributed by atoms with Gasteiger partial charge in [0.1, 0.15) is 11.6 Å². The summed E-state index contributed by atoms with van der Waals surface area (Å²) in [6.45, 7) is 0.603. The van der Waals surface area contributed by atoms with Crippen molar-refractivity contribution in [3.05, 3.63) is 47.5 Å². The van der Waals surface area contributed by atoms with Gasteiger partial charge in [0, 0.05) is 6.54 Å². The number of nitrogens with one attached hydrogen (secondary N) is 2. The Balaban J connectivity index is 1.69. The van der Waals surface area contributed by atoms with Gasteiger partial charge in [0.2, 0.25) is 5.95 Å².